The van der Waals surface area contributed by atoms with E-state index in [1.54, 1.807) is 23.5 Å². The molecule has 158 valence electrons. The minimum absolute atomic E-state index is 0.0469. The van der Waals surface area contributed by atoms with E-state index in [0.717, 1.165) is 17.6 Å². The van der Waals surface area contributed by atoms with Gasteiger partial charge in [0.2, 0.25) is 5.91 Å². The van der Waals surface area contributed by atoms with Crippen LogP contribution in [0.2, 0.25) is 0 Å². The van der Waals surface area contributed by atoms with Gasteiger partial charge in [-0.2, -0.15) is 23.5 Å². The lowest BCUT2D eigenvalue weighted by molar-refractivity contribution is -0.144. The largest absolute Gasteiger partial charge is 0.466 e. The Labute approximate surface area is 175 Å². The van der Waals surface area contributed by atoms with Crippen molar-refractivity contribution in [3.63, 3.8) is 0 Å². The van der Waals surface area contributed by atoms with Gasteiger partial charge in [-0.3, -0.25) is 19.2 Å². The first-order valence-corrected chi connectivity index (χ1v) is 11.3. The molecule has 0 aliphatic rings. The Hall–Kier alpha value is -1.74. The van der Waals surface area contributed by atoms with Gasteiger partial charge in [-0.1, -0.05) is 13.2 Å². The summed E-state index contributed by atoms with van der Waals surface area (Å²) in [7, 11) is 0. The number of ketones is 1. The number of hydrogen-bond donors (Lipinski definition) is 1. The number of hydrogen-bond acceptors (Lipinski definition) is 8. The fraction of sp³-hybridized carbons (Fsp3) is 0.579. The summed E-state index contributed by atoms with van der Waals surface area (Å²) in [6, 6.07) is 0. The minimum Gasteiger partial charge on any atom is -0.466 e. The van der Waals surface area contributed by atoms with Crippen LogP contribution in [0.15, 0.2) is 25.3 Å². The minimum atomic E-state index is -0.294. The van der Waals surface area contributed by atoms with Crippen molar-refractivity contribution >= 4 is 47.2 Å². The van der Waals surface area contributed by atoms with E-state index in [1.165, 1.54) is 6.08 Å². The number of thioether (sulfide) groups is 2. The molecule has 1 N–H and O–H groups in total. The lowest BCUT2D eigenvalue weighted by atomic mass is 10.2. The fourth-order valence-corrected chi connectivity index (χ4v) is 3.70. The molecular formula is C19H29NO6S2. The first kappa shape index (κ1) is 26.3. The zero-order valence-electron chi connectivity index (χ0n) is 16.1. The zero-order valence-corrected chi connectivity index (χ0v) is 17.7. The molecule has 0 radical (unpaired) electrons. The molecule has 0 fully saturated rings. The van der Waals surface area contributed by atoms with Crippen molar-refractivity contribution in [3.05, 3.63) is 25.3 Å². The molecule has 0 saturated carbocycles. The SMILES string of the molecule is C=CC(=O)CCCOC(=O)CCSCCSCCC(=O)OCCNC(=O)C=C. The normalized spacial score (nSPS) is 10.0. The molecule has 0 saturated heterocycles. The maximum Gasteiger partial charge on any atom is 0.306 e. The number of rotatable bonds is 18. The van der Waals surface area contributed by atoms with Gasteiger partial charge in [0.05, 0.1) is 26.0 Å². The molecule has 0 rings (SSSR count). The van der Waals surface area contributed by atoms with Crippen LogP contribution >= 0.6 is 23.5 Å². The summed E-state index contributed by atoms with van der Waals surface area (Å²) in [5, 5.41) is 2.52. The Bertz CT molecular complexity index is 479. The predicted molar refractivity (Wildman–Crippen MR) is 113 cm³/mol. The van der Waals surface area contributed by atoms with Crippen molar-refractivity contribution in [2.75, 3.05) is 42.8 Å². The van der Waals surface area contributed by atoms with Crippen LogP contribution in [-0.4, -0.2) is 66.4 Å². The molecule has 0 aromatic carbocycles. The molecule has 0 aliphatic carbocycles. The van der Waals surface area contributed by atoms with Crippen LogP contribution in [0.3, 0.4) is 0 Å². The number of ether oxygens (including phenoxy) is 2. The molecular weight excluding hydrogens is 402 g/mol. The van der Waals surface area contributed by atoms with Crippen molar-refractivity contribution in [3.8, 4) is 0 Å². The first-order valence-electron chi connectivity index (χ1n) is 9.01. The summed E-state index contributed by atoms with van der Waals surface area (Å²) in [6.07, 6.45) is 3.97. The second kappa shape index (κ2) is 18.6. The highest BCUT2D eigenvalue weighted by Crippen LogP contribution is 2.10. The average molecular weight is 432 g/mol. The Morgan fingerprint density at radius 1 is 0.786 bits per heavy atom. The predicted octanol–water partition coefficient (Wildman–Crippen LogP) is 2.16. The van der Waals surface area contributed by atoms with Crippen LogP contribution in [0, 0.1) is 0 Å². The maximum absolute atomic E-state index is 11.5. The Morgan fingerprint density at radius 3 is 1.89 bits per heavy atom. The summed E-state index contributed by atoms with van der Waals surface area (Å²) < 4.78 is 10.0. The highest BCUT2D eigenvalue weighted by molar-refractivity contribution is 8.02. The van der Waals surface area contributed by atoms with Gasteiger partial charge in [0.25, 0.3) is 0 Å². The van der Waals surface area contributed by atoms with Crippen molar-refractivity contribution in [2.24, 2.45) is 0 Å². The molecule has 0 aromatic rings. The summed E-state index contributed by atoms with van der Waals surface area (Å²) in [4.78, 5) is 44.9. The second-order valence-corrected chi connectivity index (χ2v) is 7.88. The summed E-state index contributed by atoms with van der Waals surface area (Å²) in [5.41, 5.74) is 0. The topological polar surface area (TPSA) is 98.8 Å². The standard InChI is InChI=1S/C19H29NO6S2/c1-3-16(21)6-5-10-25-18(23)7-12-27-14-15-28-13-8-19(24)26-11-9-20-17(22)4-2/h3-4H,1-2,5-15H2,(H,20,22). The van der Waals surface area contributed by atoms with Gasteiger partial charge >= 0.3 is 11.9 Å². The van der Waals surface area contributed by atoms with Crippen molar-refractivity contribution in [1.82, 2.24) is 5.32 Å². The Kier molecular flexibility index (Phi) is 17.5. The third kappa shape index (κ3) is 17.7. The summed E-state index contributed by atoms with van der Waals surface area (Å²) in [5.74, 6) is 2.24. The third-order valence-corrected chi connectivity index (χ3v) is 5.41. The van der Waals surface area contributed by atoms with Gasteiger partial charge in [-0.15, -0.1) is 0 Å². The number of nitrogens with one attached hydrogen (secondary N) is 1. The van der Waals surface area contributed by atoms with Crippen molar-refractivity contribution in [2.45, 2.75) is 25.7 Å². The first-order chi connectivity index (χ1) is 13.5. The van der Waals surface area contributed by atoms with E-state index >= 15 is 0 Å². The molecule has 0 unspecified atom stereocenters. The van der Waals surface area contributed by atoms with Crippen molar-refractivity contribution in [1.29, 1.82) is 0 Å². The second-order valence-electron chi connectivity index (χ2n) is 5.43. The van der Waals surface area contributed by atoms with Crippen molar-refractivity contribution < 1.29 is 28.7 Å². The molecule has 7 nitrogen and oxygen atoms in total. The van der Waals surface area contributed by atoms with Gasteiger partial charge in [0.15, 0.2) is 5.78 Å². The quantitative estimate of drug-likeness (QED) is 0.200. The van der Waals surface area contributed by atoms with E-state index in [4.69, 9.17) is 9.47 Å². The molecule has 0 aliphatic heterocycles. The van der Waals surface area contributed by atoms with Crippen LogP contribution in [-0.2, 0) is 28.7 Å². The molecule has 1 amide bonds. The van der Waals surface area contributed by atoms with E-state index in [-0.39, 0.29) is 43.4 Å². The lowest BCUT2D eigenvalue weighted by Crippen LogP contribution is -2.26. The smallest absolute Gasteiger partial charge is 0.306 e. The third-order valence-electron chi connectivity index (χ3n) is 3.18. The van der Waals surface area contributed by atoms with Crippen LogP contribution in [0.4, 0.5) is 0 Å². The molecule has 0 heterocycles. The number of carbonyl (C=O) groups is 4. The maximum atomic E-state index is 11.5. The van der Waals surface area contributed by atoms with Gasteiger partial charge in [-0.05, 0) is 18.6 Å². The summed E-state index contributed by atoms with van der Waals surface area (Å²) >= 11 is 3.31. The van der Waals surface area contributed by atoms with E-state index in [0.29, 0.717) is 37.2 Å². The van der Waals surface area contributed by atoms with Gasteiger partial charge in [-0.25, -0.2) is 0 Å². The van der Waals surface area contributed by atoms with E-state index < -0.39 is 0 Å². The monoisotopic (exact) mass is 431 g/mol. The molecule has 0 bridgehead atoms. The summed E-state index contributed by atoms with van der Waals surface area (Å²) in [6.45, 7) is 7.39. The molecule has 0 spiro atoms. The van der Waals surface area contributed by atoms with Crippen LogP contribution in [0.5, 0.6) is 0 Å². The Morgan fingerprint density at radius 2 is 1.36 bits per heavy atom. The molecule has 9 heteroatoms. The average Bonchev–Trinajstić information content (AvgIpc) is 2.69. The molecule has 0 aromatic heterocycles. The number of amides is 1. The van der Waals surface area contributed by atoms with Gasteiger partial charge in [0, 0.05) is 29.4 Å². The number of allylic oxidation sites excluding steroid dienone is 1. The lowest BCUT2D eigenvalue weighted by Gasteiger charge is -2.06. The number of carbonyl (C=O) groups excluding carboxylic acids is 4. The van der Waals surface area contributed by atoms with Gasteiger partial charge < -0.3 is 14.8 Å². The van der Waals surface area contributed by atoms with Crippen LogP contribution < -0.4 is 5.32 Å². The van der Waals surface area contributed by atoms with E-state index in [1.807, 2.05) is 0 Å². The Balaban J connectivity index is 3.38. The van der Waals surface area contributed by atoms with Crippen LogP contribution in [0.1, 0.15) is 25.7 Å². The molecule has 28 heavy (non-hydrogen) atoms. The highest BCUT2D eigenvalue weighted by atomic mass is 32.2. The van der Waals surface area contributed by atoms with E-state index in [2.05, 4.69) is 18.5 Å². The zero-order chi connectivity index (χ0) is 21.0. The van der Waals surface area contributed by atoms with E-state index in [9.17, 15) is 19.2 Å². The highest BCUT2D eigenvalue weighted by Gasteiger charge is 2.05. The van der Waals surface area contributed by atoms with Crippen LogP contribution in [0.25, 0.3) is 0 Å². The van der Waals surface area contributed by atoms with Gasteiger partial charge in [0.1, 0.15) is 6.61 Å². The number of esters is 2. The molecule has 0 atom stereocenters. The fourth-order valence-electron chi connectivity index (χ4n) is 1.72.